The van der Waals surface area contributed by atoms with Gasteiger partial charge >= 0.3 is 0 Å². The molecule has 3 aromatic rings. The number of rotatable bonds is 2. The lowest BCUT2D eigenvalue weighted by Crippen LogP contribution is -2.23. The second-order valence-corrected chi connectivity index (χ2v) is 6.60. The third kappa shape index (κ3) is 2.17. The fraction of sp³-hybridized carbons (Fsp3) is 0.125. The van der Waals surface area contributed by atoms with Crippen molar-refractivity contribution in [2.75, 3.05) is 4.31 Å². The van der Waals surface area contributed by atoms with Gasteiger partial charge in [-0.1, -0.05) is 11.6 Å². The van der Waals surface area contributed by atoms with Crippen LogP contribution in [-0.4, -0.2) is 15.2 Å². The largest absolute Gasteiger partial charge is 0.303 e. The van der Waals surface area contributed by atoms with E-state index in [-0.39, 0.29) is 6.04 Å². The Balaban J connectivity index is 1.78. The van der Waals surface area contributed by atoms with Crippen LogP contribution in [0.15, 0.2) is 53.7 Å². The minimum absolute atomic E-state index is 0.200. The van der Waals surface area contributed by atoms with Crippen LogP contribution in [0.5, 0.6) is 0 Å². The van der Waals surface area contributed by atoms with Crippen molar-refractivity contribution in [1.82, 2.24) is 15.2 Å². The molecule has 4 nitrogen and oxygen atoms in total. The standard InChI is InChI=1S/C16H13ClN4S/c1-10-13-9-19-20-15(13)16-14(3-2-8-18-16)21(10)22-12-6-4-11(17)5-7-12/h2-10H,1H3,(H,19,20). The van der Waals surface area contributed by atoms with Gasteiger partial charge in [-0.2, -0.15) is 5.10 Å². The molecule has 1 aromatic carbocycles. The van der Waals surface area contributed by atoms with Crippen LogP contribution in [-0.2, 0) is 0 Å². The lowest BCUT2D eigenvalue weighted by atomic mass is 10.0. The Bertz CT molecular complexity index is 815. The first-order valence-corrected chi connectivity index (χ1v) is 8.10. The second kappa shape index (κ2) is 5.34. The number of H-pyrrole nitrogens is 1. The van der Waals surface area contributed by atoms with Gasteiger partial charge in [-0.3, -0.25) is 10.1 Å². The topological polar surface area (TPSA) is 44.8 Å². The first-order valence-electron chi connectivity index (χ1n) is 6.95. The number of nitrogens with one attached hydrogen (secondary N) is 1. The average Bonchev–Trinajstić information content (AvgIpc) is 3.03. The Morgan fingerprint density at radius 1 is 1.23 bits per heavy atom. The van der Waals surface area contributed by atoms with Gasteiger partial charge < -0.3 is 4.31 Å². The van der Waals surface area contributed by atoms with Gasteiger partial charge in [0, 0.05) is 21.7 Å². The molecule has 1 atom stereocenters. The molecular formula is C16H13ClN4S. The summed E-state index contributed by atoms with van der Waals surface area (Å²) < 4.78 is 2.27. The van der Waals surface area contributed by atoms with Crippen LogP contribution in [0.2, 0.25) is 5.02 Å². The highest BCUT2D eigenvalue weighted by molar-refractivity contribution is 8.00. The van der Waals surface area contributed by atoms with E-state index in [2.05, 4.69) is 32.5 Å². The van der Waals surface area contributed by atoms with Crippen molar-refractivity contribution in [1.29, 1.82) is 0 Å². The first kappa shape index (κ1) is 13.7. The van der Waals surface area contributed by atoms with E-state index >= 15 is 0 Å². The lowest BCUT2D eigenvalue weighted by Gasteiger charge is -2.34. The molecule has 3 heterocycles. The highest BCUT2D eigenvalue weighted by atomic mass is 35.5. The van der Waals surface area contributed by atoms with E-state index in [1.165, 1.54) is 0 Å². The normalized spacial score (nSPS) is 16.3. The first-order chi connectivity index (χ1) is 10.7. The van der Waals surface area contributed by atoms with Crippen molar-refractivity contribution in [3.05, 3.63) is 59.4 Å². The van der Waals surface area contributed by atoms with Crippen LogP contribution in [0, 0.1) is 0 Å². The van der Waals surface area contributed by atoms with Gasteiger partial charge in [0.1, 0.15) is 5.69 Å². The molecule has 0 amide bonds. The van der Waals surface area contributed by atoms with Crippen molar-refractivity contribution in [3.63, 3.8) is 0 Å². The maximum absolute atomic E-state index is 5.97. The molecule has 0 saturated heterocycles. The van der Waals surface area contributed by atoms with E-state index < -0.39 is 0 Å². The summed E-state index contributed by atoms with van der Waals surface area (Å²) in [6, 6.07) is 12.1. The number of pyridine rings is 1. The molecular weight excluding hydrogens is 316 g/mol. The summed E-state index contributed by atoms with van der Waals surface area (Å²) in [5.74, 6) is 0. The van der Waals surface area contributed by atoms with Gasteiger partial charge in [0.2, 0.25) is 0 Å². The Hall–Kier alpha value is -1.98. The van der Waals surface area contributed by atoms with E-state index in [1.54, 1.807) is 11.9 Å². The maximum atomic E-state index is 5.97. The highest BCUT2D eigenvalue weighted by Gasteiger charge is 2.31. The number of hydrogen-bond acceptors (Lipinski definition) is 4. The molecule has 4 rings (SSSR count). The van der Waals surface area contributed by atoms with Crippen LogP contribution in [0.3, 0.4) is 0 Å². The van der Waals surface area contributed by atoms with Gasteiger partial charge in [-0.15, -0.1) is 0 Å². The minimum Gasteiger partial charge on any atom is -0.303 e. The lowest BCUT2D eigenvalue weighted by molar-refractivity contribution is 0.809. The summed E-state index contributed by atoms with van der Waals surface area (Å²) in [7, 11) is 0. The van der Waals surface area contributed by atoms with E-state index in [1.807, 2.05) is 42.7 Å². The number of benzene rings is 1. The van der Waals surface area contributed by atoms with Crippen molar-refractivity contribution < 1.29 is 0 Å². The maximum Gasteiger partial charge on any atom is 0.113 e. The number of nitrogens with zero attached hydrogens (tertiary/aromatic N) is 3. The van der Waals surface area contributed by atoms with Gasteiger partial charge in [0.15, 0.2) is 0 Å². The van der Waals surface area contributed by atoms with Crippen molar-refractivity contribution in [2.45, 2.75) is 17.9 Å². The molecule has 0 aliphatic carbocycles. The van der Waals surface area contributed by atoms with Crippen LogP contribution in [0.1, 0.15) is 18.5 Å². The Labute approximate surface area is 137 Å². The summed E-state index contributed by atoms with van der Waals surface area (Å²) in [5, 5.41) is 8.00. The smallest absolute Gasteiger partial charge is 0.113 e. The second-order valence-electron chi connectivity index (χ2n) is 5.12. The van der Waals surface area contributed by atoms with Crippen molar-refractivity contribution >= 4 is 29.2 Å². The predicted octanol–water partition coefficient (Wildman–Crippen LogP) is 4.71. The monoisotopic (exact) mass is 328 g/mol. The van der Waals surface area contributed by atoms with E-state index in [4.69, 9.17) is 11.6 Å². The molecule has 1 aliphatic heterocycles. The molecule has 0 bridgehead atoms. The fourth-order valence-electron chi connectivity index (χ4n) is 2.64. The van der Waals surface area contributed by atoms with Crippen molar-refractivity contribution in [3.8, 4) is 11.4 Å². The fourth-order valence-corrected chi connectivity index (χ4v) is 3.77. The molecule has 22 heavy (non-hydrogen) atoms. The zero-order chi connectivity index (χ0) is 15.1. The Morgan fingerprint density at radius 2 is 2.05 bits per heavy atom. The number of fused-ring (bicyclic) bond motifs is 3. The summed E-state index contributed by atoms with van der Waals surface area (Å²) in [6.45, 7) is 2.17. The number of hydrogen-bond donors (Lipinski definition) is 1. The summed E-state index contributed by atoms with van der Waals surface area (Å²) in [6.07, 6.45) is 3.69. The SMILES string of the molecule is CC1c2cn[nH]c2-c2ncccc2N1Sc1ccc(Cl)cc1. The van der Waals surface area contributed by atoms with Gasteiger partial charge in [0.05, 0.1) is 23.6 Å². The Kier molecular flexibility index (Phi) is 3.32. The van der Waals surface area contributed by atoms with Gasteiger partial charge in [0.25, 0.3) is 0 Å². The molecule has 0 radical (unpaired) electrons. The molecule has 1 aliphatic rings. The van der Waals surface area contributed by atoms with Gasteiger partial charge in [-0.05, 0) is 55.3 Å². The molecule has 2 aromatic heterocycles. The summed E-state index contributed by atoms with van der Waals surface area (Å²) >= 11 is 7.66. The summed E-state index contributed by atoms with van der Waals surface area (Å²) in [4.78, 5) is 5.66. The quantitative estimate of drug-likeness (QED) is 0.692. The van der Waals surface area contributed by atoms with E-state index in [0.717, 1.165) is 32.6 Å². The molecule has 110 valence electrons. The van der Waals surface area contributed by atoms with E-state index in [9.17, 15) is 0 Å². The number of aromatic nitrogens is 3. The molecule has 0 saturated carbocycles. The minimum atomic E-state index is 0.200. The van der Waals surface area contributed by atoms with E-state index in [0.29, 0.717) is 0 Å². The molecule has 1 unspecified atom stereocenters. The number of aromatic amines is 1. The van der Waals surface area contributed by atoms with Crippen molar-refractivity contribution in [2.24, 2.45) is 0 Å². The Morgan fingerprint density at radius 3 is 2.86 bits per heavy atom. The van der Waals surface area contributed by atoms with Crippen LogP contribution < -0.4 is 4.31 Å². The average molecular weight is 329 g/mol. The highest BCUT2D eigenvalue weighted by Crippen LogP contribution is 2.47. The molecule has 0 fully saturated rings. The zero-order valence-corrected chi connectivity index (χ0v) is 13.4. The van der Waals surface area contributed by atoms with Crippen LogP contribution >= 0.6 is 23.5 Å². The summed E-state index contributed by atoms with van der Waals surface area (Å²) in [5.41, 5.74) is 4.20. The number of halogens is 1. The number of anilines is 1. The third-order valence-electron chi connectivity index (χ3n) is 3.75. The third-order valence-corrected chi connectivity index (χ3v) is 5.19. The van der Waals surface area contributed by atoms with Crippen LogP contribution in [0.25, 0.3) is 11.4 Å². The molecule has 6 heteroatoms. The zero-order valence-electron chi connectivity index (χ0n) is 11.8. The van der Waals surface area contributed by atoms with Crippen LogP contribution in [0.4, 0.5) is 5.69 Å². The molecule has 1 N–H and O–H groups in total. The predicted molar refractivity (Wildman–Crippen MR) is 90.0 cm³/mol. The van der Waals surface area contributed by atoms with Gasteiger partial charge in [-0.25, -0.2) is 0 Å². The molecule has 0 spiro atoms.